The van der Waals surface area contributed by atoms with Gasteiger partial charge in [0, 0.05) is 13.7 Å². The number of hydrogen-bond donors (Lipinski definition) is 2. The Balaban J connectivity index is 4.80. The number of rotatable bonds is 7. The van der Waals surface area contributed by atoms with Gasteiger partial charge in [-0.3, -0.25) is 4.79 Å². The molecule has 0 rings (SSSR count). The van der Waals surface area contributed by atoms with Gasteiger partial charge in [-0.1, -0.05) is 13.8 Å². The van der Waals surface area contributed by atoms with Crippen LogP contribution < -0.4 is 5.32 Å². The molecular weight excluding hydrogens is 262 g/mol. The van der Waals surface area contributed by atoms with Gasteiger partial charge >= 0.3 is 12.1 Å². The second-order valence-corrected chi connectivity index (χ2v) is 6.47. The van der Waals surface area contributed by atoms with Gasteiger partial charge < -0.3 is 19.9 Å². The predicted octanol–water partition coefficient (Wildman–Crippen LogP) is 2.27. The van der Waals surface area contributed by atoms with Crippen LogP contribution in [-0.4, -0.2) is 43.0 Å². The zero-order valence-corrected chi connectivity index (χ0v) is 13.3. The summed E-state index contributed by atoms with van der Waals surface area (Å²) in [7, 11) is 1.45. The van der Waals surface area contributed by atoms with E-state index in [1.165, 1.54) is 7.11 Å². The lowest BCUT2D eigenvalue weighted by molar-refractivity contribution is -0.153. The summed E-state index contributed by atoms with van der Waals surface area (Å²) < 4.78 is 10.1. The van der Waals surface area contributed by atoms with E-state index in [0.29, 0.717) is 6.42 Å². The van der Waals surface area contributed by atoms with Gasteiger partial charge in [0.25, 0.3) is 0 Å². The van der Waals surface area contributed by atoms with E-state index in [1.54, 1.807) is 20.8 Å². The Labute approximate surface area is 120 Å². The van der Waals surface area contributed by atoms with E-state index < -0.39 is 23.1 Å². The largest absolute Gasteiger partial charge is 0.481 e. The van der Waals surface area contributed by atoms with Crippen molar-refractivity contribution in [2.75, 3.05) is 20.3 Å². The van der Waals surface area contributed by atoms with Crippen molar-refractivity contribution in [2.45, 2.75) is 46.6 Å². The Kier molecular flexibility index (Phi) is 6.99. The Hall–Kier alpha value is -1.30. The second kappa shape index (κ2) is 7.47. The number of nitrogens with one attached hydrogen (secondary N) is 1. The molecule has 0 heterocycles. The van der Waals surface area contributed by atoms with E-state index in [9.17, 15) is 14.7 Å². The normalized spacial score (nSPS) is 14.8. The van der Waals surface area contributed by atoms with Crippen molar-refractivity contribution >= 4 is 12.1 Å². The van der Waals surface area contributed by atoms with E-state index in [2.05, 4.69) is 5.32 Å². The number of ether oxygens (including phenoxy) is 2. The van der Waals surface area contributed by atoms with E-state index in [4.69, 9.17) is 9.47 Å². The summed E-state index contributed by atoms with van der Waals surface area (Å²) in [5.41, 5.74) is -1.75. The molecule has 0 saturated heterocycles. The summed E-state index contributed by atoms with van der Waals surface area (Å²) in [6.45, 7) is 9.13. The quantitative estimate of drug-likeness (QED) is 0.751. The van der Waals surface area contributed by atoms with Gasteiger partial charge in [-0.15, -0.1) is 0 Å². The minimum atomic E-state index is -1.14. The van der Waals surface area contributed by atoms with Crippen molar-refractivity contribution in [1.82, 2.24) is 5.32 Å². The highest BCUT2D eigenvalue weighted by molar-refractivity contribution is 5.76. The molecule has 118 valence electrons. The molecule has 0 aromatic rings. The van der Waals surface area contributed by atoms with E-state index in [0.717, 1.165) is 0 Å². The van der Waals surface area contributed by atoms with Crippen molar-refractivity contribution in [3.8, 4) is 0 Å². The molecule has 0 aromatic carbocycles. The lowest BCUT2D eigenvalue weighted by Crippen LogP contribution is -2.48. The molecule has 1 amide bonds. The lowest BCUT2D eigenvalue weighted by atomic mass is 9.80. The average Bonchev–Trinajstić information content (AvgIpc) is 2.22. The van der Waals surface area contributed by atoms with Crippen molar-refractivity contribution in [3.63, 3.8) is 0 Å². The minimum absolute atomic E-state index is 0.0245. The number of aliphatic carboxylic acids is 1. The highest BCUT2D eigenvalue weighted by atomic mass is 16.6. The van der Waals surface area contributed by atoms with Crippen LogP contribution in [0.15, 0.2) is 0 Å². The van der Waals surface area contributed by atoms with Gasteiger partial charge in [0.05, 0.1) is 6.61 Å². The Morgan fingerprint density at radius 2 is 1.80 bits per heavy atom. The number of hydrogen-bond acceptors (Lipinski definition) is 4. The van der Waals surface area contributed by atoms with E-state index in [-0.39, 0.29) is 19.1 Å². The smallest absolute Gasteiger partial charge is 0.407 e. The Morgan fingerprint density at radius 1 is 1.25 bits per heavy atom. The van der Waals surface area contributed by atoms with Crippen molar-refractivity contribution in [3.05, 3.63) is 0 Å². The van der Waals surface area contributed by atoms with Crippen molar-refractivity contribution < 1.29 is 24.2 Å². The molecule has 0 radical (unpaired) electrons. The summed E-state index contributed by atoms with van der Waals surface area (Å²) in [5.74, 6) is -0.814. The van der Waals surface area contributed by atoms with Crippen LogP contribution in [0.5, 0.6) is 0 Å². The summed E-state index contributed by atoms with van der Waals surface area (Å²) in [6, 6.07) is 0. The van der Waals surface area contributed by atoms with Gasteiger partial charge in [0.2, 0.25) is 0 Å². The molecule has 0 aromatic heterocycles. The van der Waals surface area contributed by atoms with Gasteiger partial charge in [-0.25, -0.2) is 4.79 Å². The van der Waals surface area contributed by atoms with Crippen LogP contribution >= 0.6 is 0 Å². The third-order valence-corrected chi connectivity index (χ3v) is 2.64. The molecule has 20 heavy (non-hydrogen) atoms. The van der Waals surface area contributed by atoms with Crippen molar-refractivity contribution in [1.29, 1.82) is 0 Å². The summed E-state index contributed by atoms with van der Waals surface area (Å²) >= 11 is 0. The standard InChI is InChI=1S/C14H27NO5/c1-10(2)7-14(9-19-6,11(16)17)8-15-12(18)20-13(3,4)5/h10H,7-9H2,1-6H3,(H,15,18)(H,16,17). The van der Waals surface area contributed by atoms with Crippen LogP contribution in [0, 0.1) is 11.3 Å². The van der Waals surface area contributed by atoms with Gasteiger partial charge in [0.15, 0.2) is 0 Å². The SMILES string of the molecule is COCC(CNC(=O)OC(C)(C)C)(CC(C)C)C(=O)O. The third kappa shape index (κ3) is 6.75. The molecule has 0 aliphatic rings. The molecule has 0 saturated carbocycles. The summed E-state index contributed by atoms with van der Waals surface area (Å²) in [4.78, 5) is 23.2. The molecule has 1 unspecified atom stereocenters. The molecule has 6 heteroatoms. The molecule has 0 aliphatic heterocycles. The fourth-order valence-corrected chi connectivity index (χ4v) is 2.02. The number of amides is 1. The predicted molar refractivity (Wildman–Crippen MR) is 75.6 cm³/mol. The highest BCUT2D eigenvalue weighted by Crippen LogP contribution is 2.27. The fourth-order valence-electron chi connectivity index (χ4n) is 2.02. The fraction of sp³-hybridized carbons (Fsp3) is 0.857. The van der Waals surface area contributed by atoms with Crippen LogP contribution in [-0.2, 0) is 14.3 Å². The third-order valence-electron chi connectivity index (χ3n) is 2.64. The molecule has 0 fully saturated rings. The van der Waals surface area contributed by atoms with E-state index in [1.807, 2.05) is 13.8 Å². The van der Waals surface area contributed by atoms with E-state index >= 15 is 0 Å². The second-order valence-electron chi connectivity index (χ2n) is 6.47. The number of carbonyl (C=O) groups excluding carboxylic acids is 1. The van der Waals surface area contributed by atoms with Crippen LogP contribution in [0.3, 0.4) is 0 Å². The van der Waals surface area contributed by atoms with Crippen LogP contribution in [0.1, 0.15) is 41.0 Å². The first-order valence-electron chi connectivity index (χ1n) is 6.71. The van der Waals surface area contributed by atoms with Gasteiger partial charge in [-0.05, 0) is 33.1 Å². The maximum absolute atomic E-state index is 11.7. The summed E-state index contributed by atoms with van der Waals surface area (Å²) in [5, 5.41) is 12.0. The minimum Gasteiger partial charge on any atom is -0.481 e. The lowest BCUT2D eigenvalue weighted by Gasteiger charge is -2.31. The highest BCUT2D eigenvalue weighted by Gasteiger charge is 2.40. The maximum Gasteiger partial charge on any atom is 0.407 e. The molecular formula is C14H27NO5. The first kappa shape index (κ1) is 18.7. The Morgan fingerprint density at radius 3 is 2.15 bits per heavy atom. The summed E-state index contributed by atoms with van der Waals surface area (Å²) in [6.07, 6.45) is -0.214. The van der Waals surface area contributed by atoms with Gasteiger partial charge in [0.1, 0.15) is 11.0 Å². The zero-order chi connectivity index (χ0) is 16.0. The van der Waals surface area contributed by atoms with Crippen molar-refractivity contribution in [2.24, 2.45) is 11.3 Å². The van der Waals surface area contributed by atoms with Gasteiger partial charge in [-0.2, -0.15) is 0 Å². The molecule has 0 aliphatic carbocycles. The number of carbonyl (C=O) groups is 2. The molecule has 0 bridgehead atoms. The molecule has 6 nitrogen and oxygen atoms in total. The first-order valence-corrected chi connectivity index (χ1v) is 6.71. The number of carboxylic acid groups (broad SMARTS) is 1. The van der Waals surface area contributed by atoms with Crippen LogP contribution in [0.4, 0.5) is 4.79 Å². The first-order chi connectivity index (χ1) is 9.02. The number of methoxy groups -OCH3 is 1. The molecule has 1 atom stereocenters. The van der Waals surface area contributed by atoms with Crippen LogP contribution in [0.25, 0.3) is 0 Å². The number of carboxylic acids is 1. The molecule has 2 N–H and O–H groups in total. The average molecular weight is 289 g/mol. The topological polar surface area (TPSA) is 84.9 Å². The zero-order valence-electron chi connectivity index (χ0n) is 13.3. The van der Waals surface area contributed by atoms with Crippen LogP contribution in [0.2, 0.25) is 0 Å². The monoisotopic (exact) mass is 289 g/mol. The Bertz CT molecular complexity index is 335. The maximum atomic E-state index is 11.7. The number of alkyl carbamates (subject to hydrolysis) is 1. The molecule has 0 spiro atoms.